The molecule has 0 bridgehead atoms. The van der Waals surface area contributed by atoms with Gasteiger partial charge in [-0.1, -0.05) is 47.5 Å². The Balaban J connectivity index is 1.33. The highest BCUT2D eigenvalue weighted by Crippen LogP contribution is 2.18. The molecule has 4 aromatic carbocycles. The van der Waals surface area contributed by atoms with Gasteiger partial charge in [-0.25, -0.2) is 0 Å². The van der Waals surface area contributed by atoms with E-state index in [9.17, 15) is 9.59 Å². The van der Waals surface area contributed by atoms with Gasteiger partial charge in [0.25, 0.3) is 11.8 Å². The van der Waals surface area contributed by atoms with Gasteiger partial charge < -0.3 is 10.6 Å². The molecule has 0 aromatic heterocycles. The van der Waals surface area contributed by atoms with E-state index in [1.54, 1.807) is 48.5 Å². The summed E-state index contributed by atoms with van der Waals surface area (Å²) in [6.45, 7) is 0. The Morgan fingerprint density at radius 1 is 0.515 bits per heavy atom. The lowest BCUT2D eigenvalue weighted by Crippen LogP contribution is -2.11. The van der Waals surface area contributed by atoms with E-state index < -0.39 is 0 Å². The average molecular weight is 475 g/mol. The van der Waals surface area contributed by atoms with Crippen LogP contribution in [0.15, 0.2) is 97.1 Å². The monoisotopic (exact) mass is 474 g/mol. The molecule has 0 unspecified atom stereocenters. The van der Waals surface area contributed by atoms with Crippen molar-refractivity contribution in [1.29, 1.82) is 0 Å². The normalized spacial score (nSPS) is 10.5. The molecule has 4 aromatic rings. The number of hydrogen-bond acceptors (Lipinski definition) is 2. The molecule has 0 saturated heterocycles. The zero-order valence-corrected chi connectivity index (χ0v) is 19.0. The van der Waals surface area contributed by atoms with E-state index in [1.165, 1.54) is 0 Å². The zero-order chi connectivity index (χ0) is 23.2. The molecule has 0 aliphatic carbocycles. The van der Waals surface area contributed by atoms with Gasteiger partial charge in [0.15, 0.2) is 0 Å². The molecule has 0 heterocycles. The summed E-state index contributed by atoms with van der Waals surface area (Å²) in [6.07, 6.45) is 0.733. The SMILES string of the molecule is O=C(Nc1ccc(Cc2ccc(NC(=O)c3ccc(Cl)cc3)cc2)cc1)c1ccc(Cl)cc1. The largest absolute Gasteiger partial charge is 0.322 e. The van der Waals surface area contributed by atoms with Crippen LogP contribution < -0.4 is 10.6 Å². The maximum Gasteiger partial charge on any atom is 0.255 e. The van der Waals surface area contributed by atoms with Crippen molar-refractivity contribution in [1.82, 2.24) is 0 Å². The van der Waals surface area contributed by atoms with Crippen molar-refractivity contribution in [2.75, 3.05) is 10.6 Å². The number of carbonyl (C=O) groups excluding carboxylic acids is 2. The van der Waals surface area contributed by atoms with E-state index in [0.717, 1.165) is 28.9 Å². The van der Waals surface area contributed by atoms with Gasteiger partial charge in [-0.05, 0) is 90.3 Å². The molecule has 2 amide bonds. The highest BCUT2D eigenvalue weighted by molar-refractivity contribution is 6.31. The highest BCUT2D eigenvalue weighted by Gasteiger charge is 2.07. The highest BCUT2D eigenvalue weighted by atomic mass is 35.5. The molecule has 0 spiro atoms. The summed E-state index contributed by atoms with van der Waals surface area (Å²) in [5.74, 6) is -0.369. The number of anilines is 2. The van der Waals surface area contributed by atoms with Crippen molar-refractivity contribution in [2.24, 2.45) is 0 Å². The van der Waals surface area contributed by atoms with Crippen molar-refractivity contribution in [2.45, 2.75) is 6.42 Å². The van der Waals surface area contributed by atoms with Crippen LogP contribution in [-0.4, -0.2) is 11.8 Å². The van der Waals surface area contributed by atoms with Crippen LogP contribution in [0, 0.1) is 0 Å². The van der Waals surface area contributed by atoms with Gasteiger partial charge in [0.05, 0.1) is 0 Å². The van der Waals surface area contributed by atoms with Crippen LogP contribution >= 0.6 is 23.2 Å². The Morgan fingerprint density at radius 3 is 1.18 bits per heavy atom. The van der Waals surface area contributed by atoms with E-state index in [1.807, 2.05) is 48.5 Å². The predicted octanol–water partition coefficient (Wildman–Crippen LogP) is 7.09. The number of rotatable bonds is 6. The summed E-state index contributed by atoms with van der Waals surface area (Å²) in [5, 5.41) is 6.94. The van der Waals surface area contributed by atoms with Crippen molar-refractivity contribution in [3.05, 3.63) is 129 Å². The molecule has 0 aliphatic heterocycles. The zero-order valence-electron chi connectivity index (χ0n) is 17.5. The summed E-state index contributed by atoms with van der Waals surface area (Å²) < 4.78 is 0. The van der Waals surface area contributed by atoms with Crippen molar-refractivity contribution in [3.63, 3.8) is 0 Å². The first kappa shape index (κ1) is 22.6. The first-order chi connectivity index (χ1) is 16.0. The van der Waals surface area contributed by atoms with E-state index in [2.05, 4.69) is 10.6 Å². The molecule has 164 valence electrons. The molecular weight excluding hydrogens is 455 g/mol. The van der Waals surface area contributed by atoms with Gasteiger partial charge in [0, 0.05) is 32.5 Å². The second-order valence-electron chi connectivity index (χ2n) is 7.49. The summed E-state index contributed by atoms with van der Waals surface area (Å²) in [6, 6.07) is 28.9. The number of amides is 2. The molecule has 2 N–H and O–H groups in total. The first-order valence-electron chi connectivity index (χ1n) is 10.3. The third kappa shape index (κ3) is 6.22. The van der Waals surface area contributed by atoms with Crippen molar-refractivity contribution in [3.8, 4) is 0 Å². The Bertz CT molecular complexity index is 1150. The van der Waals surface area contributed by atoms with Gasteiger partial charge in [-0.2, -0.15) is 0 Å². The molecule has 4 nitrogen and oxygen atoms in total. The molecular formula is C27H20Cl2N2O2. The molecule has 0 saturated carbocycles. The maximum atomic E-state index is 12.3. The second-order valence-corrected chi connectivity index (χ2v) is 8.37. The summed E-state index contributed by atoms with van der Waals surface area (Å²) in [4.78, 5) is 24.7. The van der Waals surface area contributed by atoms with Crippen LogP contribution in [0.3, 0.4) is 0 Å². The smallest absolute Gasteiger partial charge is 0.255 e. The lowest BCUT2D eigenvalue weighted by atomic mass is 10.0. The molecule has 0 fully saturated rings. The lowest BCUT2D eigenvalue weighted by molar-refractivity contribution is 0.101. The molecule has 4 rings (SSSR count). The van der Waals surface area contributed by atoms with Crippen LogP contribution in [0.1, 0.15) is 31.8 Å². The van der Waals surface area contributed by atoms with Crippen LogP contribution in [0.4, 0.5) is 11.4 Å². The maximum absolute atomic E-state index is 12.3. The molecule has 0 aliphatic rings. The number of halogens is 2. The average Bonchev–Trinajstić information content (AvgIpc) is 2.82. The van der Waals surface area contributed by atoms with Crippen molar-refractivity contribution >= 4 is 46.4 Å². The second kappa shape index (κ2) is 10.3. The third-order valence-corrected chi connectivity index (χ3v) is 5.55. The number of benzene rings is 4. The van der Waals surface area contributed by atoms with E-state index >= 15 is 0 Å². The quantitative estimate of drug-likeness (QED) is 0.313. The van der Waals surface area contributed by atoms with E-state index in [0.29, 0.717) is 21.2 Å². The number of carbonyl (C=O) groups is 2. The number of hydrogen-bond donors (Lipinski definition) is 2. The Kier molecular flexibility index (Phi) is 7.08. The van der Waals surface area contributed by atoms with Gasteiger partial charge >= 0.3 is 0 Å². The minimum absolute atomic E-state index is 0.185. The Morgan fingerprint density at radius 2 is 0.848 bits per heavy atom. The third-order valence-electron chi connectivity index (χ3n) is 5.04. The van der Waals surface area contributed by atoms with Crippen LogP contribution in [0.5, 0.6) is 0 Å². The van der Waals surface area contributed by atoms with Crippen LogP contribution in [0.25, 0.3) is 0 Å². The van der Waals surface area contributed by atoms with Gasteiger partial charge in [0.1, 0.15) is 0 Å². The van der Waals surface area contributed by atoms with Crippen molar-refractivity contribution < 1.29 is 9.59 Å². The predicted molar refractivity (Wildman–Crippen MR) is 135 cm³/mol. The first-order valence-corrected chi connectivity index (χ1v) is 11.0. The fourth-order valence-corrected chi connectivity index (χ4v) is 3.51. The molecule has 33 heavy (non-hydrogen) atoms. The van der Waals surface area contributed by atoms with Gasteiger partial charge in [0.2, 0.25) is 0 Å². The Hall–Kier alpha value is -3.60. The topological polar surface area (TPSA) is 58.2 Å². The number of nitrogens with one attached hydrogen (secondary N) is 2. The lowest BCUT2D eigenvalue weighted by Gasteiger charge is -2.09. The standard InChI is InChI=1S/C27H20Cl2N2O2/c28-22-9-5-20(6-10-22)26(32)30-24-13-1-18(2-14-24)17-19-3-15-25(16-4-19)31-27(33)21-7-11-23(29)12-8-21/h1-16H,17H2,(H,30,32)(H,31,33). The minimum Gasteiger partial charge on any atom is -0.322 e. The van der Waals surface area contributed by atoms with E-state index in [-0.39, 0.29) is 11.8 Å². The Labute approximate surface area is 202 Å². The summed E-state index contributed by atoms with van der Waals surface area (Å²) in [5.41, 5.74) is 4.76. The van der Waals surface area contributed by atoms with E-state index in [4.69, 9.17) is 23.2 Å². The van der Waals surface area contributed by atoms with Gasteiger partial charge in [-0.3, -0.25) is 9.59 Å². The fraction of sp³-hybridized carbons (Fsp3) is 0.0370. The van der Waals surface area contributed by atoms with Crippen LogP contribution in [0.2, 0.25) is 10.0 Å². The van der Waals surface area contributed by atoms with Gasteiger partial charge in [-0.15, -0.1) is 0 Å². The summed E-state index contributed by atoms with van der Waals surface area (Å²) in [7, 11) is 0. The fourth-order valence-electron chi connectivity index (χ4n) is 3.26. The van der Waals surface area contributed by atoms with Crippen LogP contribution in [-0.2, 0) is 6.42 Å². The molecule has 0 atom stereocenters. The summed E-state index contributed by atoms with van der Waals surface area (Å²) >= 11 is 11.7. The molecule has 6 heteroatoms. The molecule has 0 radical (unpaired) electrons. The minimum atomic E-state index is -0.185.